The third kappa shape index (κ3) is 17.3. The van der Waals surface area contributed by atoms with Crippen molar-refractivity contribution in [3.63, 3.8) is 0 Å². The summed E-state index contributed by atoms with van der Waals surface area (Å²) in [5.74, 6) is -0.0156. The summed E-state index contributed by atoms with van der Waals surface area (Å²) in [6, 6.07) is 17.9. The van der Waals surface area contributed by atoms with E-state index < -0.39 is 29.6 Å². The van der Waals surface area contributed by atoms with Crippen LogP contribution >= 0.6 is 22.7 Å². The van der Waals surface area contributed by atoms with E-state index in [0.29, 0.717) is 36.0 Å². The molecule has 4 saturated carbocycles. The first kappa shape index (κ1) is 74.5. The standard InChI is InChI=1S/C80H109N13O7S2/c1-52-59-27-26-38-91(71(59)89-88-70(52)87-75-84-62-28-23-24-29-64(62)102-75)65-36-35-60(67(85-65)74(98)99)61-42-82-93(55(61)4)50-79-45-77(8)44-78(9,46-79)48-80(47-77,49-79)100-40-39-90(10)37-25-21-19-17-15-13-11-12-14-16-18-20-22-30-66(95)86-69(76(5,6)7)73(97)92-43-58(94)41-63(92)72(96)83-53(2)56-31-33-57(34-32-56)68-54(3)81-51-101-68/h23-24,28-29,31-36,42,51,53,58,63,69,94H,11-22,25-27,30,37-41,43-50H2,1-10H3,(H,83,96)(H,86,95)(H,98,99)(H,84,87,88)/t53-,58+,63-,69+,77-,78+,79?,80?/m0/s1. The lowest BCUT2D eigenvalue weighted by molar-refractivity contribution is -0.248. The summed E-state index contributed by atoms with van der Waals surface area (Å²) in [6.07, 6.45) is 25.1. The lowest BCUT2D eigenvalue weighted by Gasteiger charge is -2.69. The number of rotatable bonds is 33. The lowest BCUT2D eigenvalue weighted by Crippen LogP contribution is -2.64. The molecule has 1 saturated heterocycles. The highest BCUT2D eigenvalue weighted by Gasteiger charge is 2.66. The molecular formula is C80H109N13O7S2. The molecule has 20 nitrogen and oxygen atoms in total. The Bertz CT molecular complexity index is 4050. The molecule has 2 unspecified atom stereocenters. The molecule has 7 aromatic rings. The number of pyridine rings is 1. The summed E-state index contributed by atoms with van der Waals surface area (Å²) < 4.78 is 10.4. The van der Waals surface area contributed by atoms with Gasteiger partial charge in [-0.1, -0.05) is 153 Å². The molecule has 4 bridgehead atoms. The van der Waals surface area contributed by atoms with Gasteiger partial charge in [0.15, 0.2) is 22.5 Å². The Morgan fingerprint density at radius 1 is 0.794 bits per heavy atom. The van der Waals surface area contributed by atoms with Gasteiger partial charge in [-0.3, -0.25) is 19.1 Å². The molecule has 5 fully saturated rings. The molecule has 102 heavy (non-hydrogen) atoms. The summed E-state index contributed by atoms with van der Waals surface area (Å²) in [7, 11) is 2.24. The van der Waals surface area contributed by atoms with Gasteiger partial charge in [0, 0.05) is 67.0 Å². The number of carboxylic acids is 1. The minimum atomic E-state index is -1.08. The number of ether oxygens (including phenoxy) is 1. The topological polar surface area (TPSA) is 246 Å². The van der Waals surface area contributed by atoms with Gasteiger partial charge in [-0.15, -0.1) is 21.5 Å². The second kappa shape index (κ2) is 31.6. The van der Waals surface area contributed by atoms with Crippen molar-refractivity contribution in [3.05, 3.63) is 106 Å². The van der Waals surface area contributed by atoms with Crippen LogP contribution in [0.5, 0.6) is 0 Å². The number of amides is 3. The SMILES string of the molecule is Cc1ncsc1-c1ccc([C@H](C)NC(=O)[C@@H]2C[C@@H](O)CN2C(=O)[C@@H](NC(=O)CCCCCCCCCCCCCCCN(C)CCOC23CC4(Cn5ncc(-c6ccc(N7CCCc8c7nnc(Nc7nc9ccccc9s7)c8C)nc6C(=O)O)c5C)C[C@@](C)(C2)C[C@](C)(C4)C3)C(C)(C)C)cc1. The predicted molar refractivity (Wildman–Crippen MR) is 406 cm³/mol. The number of aromatic carboxylic acids is 1. The summed E-state index contributed by atoms with van der Waals surface area (Å²) in [5.41, 5.74) is 9.70. The monoisotopic (exact) mass is 1430 g/mol. The zero-order valence-corrected chi connectivity index (χ0v) is 63.6. The smallest absolute Gasteiger partial charge is 0.355 e. The van der Waals surface area contributed by atoms with Crippen LogP contribution in [0.25, 0.3) is 31.8 Å². The second-order valence-corrected chi connectivity index (χ2v) is 34.6. The van der Waals surface area contributed by atoms with Crippen molar-refractivity contribution < 1.29 is 34.1 Å². The van der Waals surface area contributed by atoms with Crippen LogP contribution in [0.15, 0.2) is 72.4 Å². The highest BCUT2D eigenvalue weighted by Crippen LogP contribution is 2.72. The fraction of sp³-hybridized carbons (Fsp3) is 0.600. The molecule has 3 amide bonds. The number of thiazole rings is 2. The van der Waals surface area contributed by atoms with Crippen LogP contribution in [0.3, 0.4) is 0 Å². The van der Waals surface area contributed by atoms with Crippen molar-refractivity contribution >= 4 is 79.2 Å². The summed E-state index contributed by atoms with van der Waals surface area (Å²) in [5, 5.41) is 46.1. The number of carboxylic acid groups (broad SMARTS) is 1. The minimum Gasteiger partial charge on any atom is -0.476 e. The normalized spacial score (nSPS) is 22.9. The highest BCUT2D eigenvalue weighted by molar-refractivity contribution is 7.22. The number of likely N-dealkylation sites (N-methyl/N-ethyl adjacent to an activating group) is 1. The minimum absolute atomic E-state index is 0.00478. The zero-order chi connectivity index (χ0) is 72.1. The number of aliphatic hydroxyl groups excluding tert-OH is 1. The van der Waals surface area contributed by atoms with Gasteiger partial charge in [0.1, 0.15) is 17.9 Å². The Morgan fingerprint density at radius 2 is 1.48 bits per heavy atom. The van der Waals surface area contributed by atoms with E-state index in [9.17, 15) is 29.4 Å². The number of aliphatic hydroxyl groups is 1. The Morgan fingerprint density at radius 3 is 2.15 bits per heavy atom. The van der Waals surface area contributed by atoms with Crippen LogP contribution in [-0.2, 0) is 32.1 Å². The largest absolute Gasteiger partial charge is 0.476 e. The Balaban J connectivity index is 0.525. The van der Waals surface area contributed by atoms with E-state index in [0.717, 1.165) is 156 Å². The molecule has 13 rings (SSSR count). The van der Waals surface area contributed by atoms with Gasteiger partial charge in [0.05, 0.1) is 56.8 Å². The van der Waals surface area contributed by atoms with Crippen LogP contribution in [0.1, 0.15) is 227 Å². The van der Waals surface area contributed by atoms with E-state index >= 15 is 0 Å². The maximum Gasteiger partial charge on any atom is 0.355 e. The Labute approximate surface area is 611 Å². The molecule has 6 aliphatic rings. The number of aromatic nitrogens is 7. The number of aryl methyl sites for hydroxylation is 1. The first-order valence-corrected chi connectivity index (χ1v) is 39.4. The quantitative estimate of drug-likeness (QED) is 0.0240. The number of fused-ring (bicyclic) bond motifs is 2. The highest BCUT2D eigenvalue weighted by atomic mass is 32.1. The fourth-order valence-corrected chi connectivity index (χ4v) is 20.3. The first-order valence-electron chi connectivity index (χ1n) is 37.7. The number of anilines is 4. The zero-order valence-electron chi connectivity index (χ0n) is 62.0. The van der Waals surface area contributed by atoms with Gasteiger partial charge in [-0.25, -0.2) is 19.7 Å². The summed E-state index contributed by atoms with van der Waals surface area (Å²) in [6.45, 7) is 23.0. The van der Waals surface area contributed by atoms with Gasteiger partial charge in [0.25, 0.3) is 0 Å². The molecule has 0 spiro atoms. The van der Waals surface area contributed by atoms with Gasteiger partial charge in [-0.05, 0) is 163 Å². The molecule has 8 atom stereocenters. The first-order chi connectivity index (χ1) is 48.8. The number of unbranched alkanes of at least 4 members (excludes halogenated alkanes) is 12. The molecular weight excluding hydrogens is 1320 g/mol. The lowest BCUT2D eigenvalue weighted by atomic mass is 9.39. The fourth-order valence-electron chi connectivity index (χ4n) is 18.7. The van der Waals surface area contributed by atoms with Crippen molar-refractivity contribution in [2.75, 3.05) is 50.1 Å². The number of carbonyl (C=O) groups is 4. The number of nitrogens with zero attached hydrogens (tertiary/aromatic N) is 10. The molecule has 2 aromatic carbocycles. The second-order valence-electron chi connectivity index (χ2n) is 32.8. The number of carbonyl (C=O) groups excluding carboxylic acids is 3. The molecule has 5 N–H and O–H groups in total. The Hall–Kier alpha value is -7.24. The van der Waals surface area contributed by atoms with E-state index in [1.165, 1.54) is 69.1 Å². The molecule has 548 valence electrons. The number of para-hydroxylation sites is 1. The van der Waals surface area contributed by atoms with Crippen molar-refractivity contribution in [2.24, 2.45) is 21.7 Å². The van der Waals surface area contributed by atoms with Crippen molar-refractivity contribution in [1.82, 2.24) is 55.4 Å². The van der Waals surface area contributed by atoms with Crippen molar-refractivity contribution in [1.29, 1.82) is 0 Å². The van der Waals surface area contributed by atoms with Crippen LogP contribution in [0.2, 0.25) is 0 Å². The number of nitrogens with one attached hydrogen (secondary N) is 3. The number of hydrogen-bond donors (Lipinski definition) is 5. The van der Waals surface area contributed by atoms with E-state index in [2.05, 4.69) is 76.4 Å². The number of β-amino-alcohol motifs (C(OH)–C–C–N with tert-alkyl or cyclic N) is 1. The average molecular weight is 1430 g/mol. The summed E-state index contributed by atoms with van der Waals surface area (Å²) >= 11 is 3.17. The Kier molecular flexibility index (Phi) is 23.1. The third-order valence-electron chi connectivity index (χ3n) is 22.7. The van der Waals surface area contributed by atoms with Crippen LogP contribution < -0.4 is 20.9 Å². The van der Waals surface area contributed by atoms with E-state index in [4.69, 9.17) is 24.9 Å². The van der Waals surface area contributed by atoms with E-state index in [1.54, 1.807) is 22.7 Å². The van der Waals surface area contributed by atoms with E-state index in [1.807, 2.05) is 106 Å². The molecule has 7 heterocycles. The maximum absolute atomic E-state index is 14.2. The predicted octanol–water partition coefficient (Wildman–Crippen LogP) is 15.8. The van der Waals surface area contributed by atoms with Crippen LogP contribution in [-0.4, -0.2) is 142 Å². The van der Waals surface area contributed by atoms with Gasteiger partial charge < -0.3 is 45.6 Å². The number of benzene rings is 2. The average Bonchev–Trinajstić information content (AvgIpc) is 1.40. The van der Waals surface area contributed by atoms with Crippen LogP contribution in [0, 0.1) is 42.4 Å². The maximum atomic E-state index is 14.2. The van der Waals surface area contributed by atoms with Gasteiger partial charge in [0.2, 0.25) is 17.7 Å². The summed E-state index contributed by atoms with van der Waals surface area (Å²) in [4.78, 5) is 75.5. The number of likely N-dealkylation sites (tertiary alicyclic amines) is 1. The molecule has 0 radical (unpaired) electrons. The van der Waals surface area contributed by atoms with Crippen molar-refractivity contribution in [3.8, 4) is 21.6 Å². The molecule has 22 heteroatoms. The molecule has 5 aromatic heterocycles. The molecule has 2 aliphatic heterocycles. The van der Waals surface area contributed by atoms with Crippen LogP contribution in [0.4, 0.5) is 22.6 Å². The van der Waals surface area contributed by atoms with Crippen molar-refractivity contribution in [2.45, 2.75) is 246 Å². The number of hydrogen-bond acceptors (Lipinski definition) is 17. The molecule has 4 aliphatic carbocycles. The third-order valence-corrected chi connectivity index (χ3v) is 24.6. The van der Waals surface area contributed by atoms with Gasteiger partial charge in [-0.2, -0.15) is 5.10 Å². The van der Waals surface area contributed by atoms with E-state index in [-0.39, 0.29) is 64.3 Å². The van der Waals surface area contributed by atoms with Gasteiger partial charge >= 0.3 is 5.97 Å².